The van der Waals surface area contributed by atoms with Crippen LogP contribution in [-0.4, -0.2) is 61.3 Å². The van der Waals surface area contributed by atoms with Gasteiger partial charge in [0.1, 0.15) is 0 Å². The summed E-state index contributed by atoms with van der Waals surface area (Å²) in [6.07, 6.45) is 1.50. The van der Waals surface area contributed by atoms with Crippen LogP contribution in [0.5, 0.6) is 0 Å². The van der Waals surface area contributed by atoms with Crippen LogP contribution in [0.3, 0.4) is 0 Å². The number of amides is 1. The van der Waals surface area contributed by atoms with E-state index < -0.39 is 0 Å². The third kappa shape index (κ3) is 4.43. The Morgan fingerprint density at radius 3 is 2.41 bits per heavy atom. The van der Waals surface area contributed by atoms with Crippen LogP contribution in [-0.2, 0) is 9.53 Å². The summed E-state index contributed by atoms with van der Waals surface area (Å²) >= 11 is 0. The summed E-state index contributed by atoms with van der Waals surface area (Å²) in [5.41, 5.74) is 0. The molecule has 2 rings (SSSR count). The molecule has 2 saturated heterocycles. The predicted octanol–water partition coefficient (Wildman–Crippen LogP) is 1.23. The molecule has 5 unspecified atom stereocenters. The molecule has 0 aromatic heterocycles. The average Bonchev–Trinajstić information content (AvgIpc) is 2.40. The molecule has 0 saturated carbocycles. The Morgan fingerprint density at radius 2 is 1.86 bits per heavy atom. The van der Waals surface area contributed by atoms with Gasteiger partial charge in [-0.1, -0.05) is 20.8 Å². The molecule has 0 aromatic rings. The SMILES string of the molecule is CC1CN(C(C(=O)NC2CNCCC2C)C(C)C)CC(C)O1. The van der Waals surface area contributed by atoms with E-state index in [0.717, 1.165) is 32.6 Å². The van der Waals surface area contributed by atoms with Gasteiger partial charge in [0.15, 0.2) is 0 Å². The molecule has 0 radical (unpaired) electrons. The zero-order valence-electron chi connectivity index (χ0n) is 14.8. The molecule has 1 amide bonds. The van der Waals surface area contributed by atoms with Crippen molar-refractivity contribution in [1.29, 1.82) is 0 Å². The average molecular weight is 311 g/mol. The second-order valence-corrected chi connectivity index (χ2v) is 7.49. The number of carbonyl (C=O) groups excluding carboxylic acids is 1. The number of rotatable bonds is 4. The fourth-order valence-corrected chi connectivity index (χ4v) is 3.79. The molecule has 2 aliphatic heterocycles. The zero-order chi connectivity index (χ0) is 16.3. The molecule has 0 aliphatic carbocycles. The first kappa shape index (κ1) is 17.7. The lowest BCUT2D eigenvalue weighted by Gasteiger charge is -2.42. The molecule has 2 N–H and O–H groups in total. The van der Waals surface area contributed by atoms with Gasteiger partial charge in [-0.2, -0.15) is 0 Å². The quantitative estimate of drug-likeness (QED) is 0.820. The first-order valence-electron chi connectivity index (χ1n) is 8.79. The van der Waals surface area contributed by atoms with Gasteiger partial charge >= 0.3 is 0 Å². The van der Waals surface area contributed by atoms with Crippen molar-refractivity contribution in [2.75, 3.05) is 26.2 Å². The molecule has 0 aromatic carbocycles. The van der Waals surface area contributed by atoms with Crippen LogP contribution in [0, 0.1) is 11.8 Å². The maximum atomic E-state index is 12.9. The van der Waals surface area contributed by atoms with Crippen LogP contribution in [0.25, 0.3) is 0 Å². The molecule has 5 heteroatoms. The Hall–Kier alpha value is -0.650. The number of carbonyl (C=O) groups is 1. The van der Waals surface area contributed by atoms with Crippen molar-refractivity contribution in [1.82, 2.24) is 15.5 Å². The van der Waals surface area contributed by atoms with Crippen molar-refractivity contribution < 1.29 is 9.53 Å². The van der Waals surface area contributed by atoms with Crippen LogP contribution in [0.1, 0.15) is 41.0 Å². The number of nitrogens with one attached hydrogen (secondary N) is 2. The second-order valence-electron chi connectivity index (χ2n) is 7.49. The molecule has 5 atom stereocenters. The number of hydrogen-bond acceptors (Lipinski definition) is 4. The van der Waals surface area contributed by atoms with Gasteiger partial charge in [-0.3, -0.25) is 9.69 Å². The zero-order valence-corrected chi connectivity index (χ0v) is 14.8. The highest BCUT2D eigenvalue weighted by Crippen LogP contribution is 2.20. The van der Waals surface area contributed by atoms with Crippen LogP contribution in [0.2, 0.25) is 0 Å². The van der Waals surface area contributed by atoms with Gasteiger partial charge in [-0.05, 0) is 38.6 Å². The van der Waals surface area contributed by atoms with Crippen molar-refractivity contribution in [3.63, 3.8) is 0 Å². The topological polar surface area (TPSA) is 53.6 Å². The Bertz CT molecular complexity index is 365. The van der Waals surface area contributed by atoms with Crippen molar-refractivity contribution >= 4 is 5.91 Å². The summed E-state index contributed by atoms with van der Waals surface area (Å²) < 4.78 is 5.81. The smallest absolute Gasteiger partial charge is 0.237 e. The second kappa shape index (κ2) is 7.75. The normalized spacial score (nSPS) is 35.4. The molecule has 0 bridgehead atoms. The summed E-state index contributed by atoms with van der Waals surface area (Å²) in [5.74, 6) is 1.02. The lowest BCUT2D eigenvalue weighted by molar-refractivity contribution is -0.136. The van der Waals surface area contributed by atoms with E-state index >= 15 is 0 Å². The number of piperidine rings is 1. The summed E-state index contributed by atoms with van der Waals surface area (Å²) in [6.45, 7) is 14.3. The van der Waals surface area contributed by atoms with Crippen LogP contribution in [0.4, 0.5) is 0 Å². The molecule has 5 nitrogen and oxygen atoms in total. The standard InChI is InChI=1S/C17H33N3O2/c1-11(2)16(20-9-13(4)22-14(5)10-20)17(21)19-15-8-18-7-6-12(15)3/h11-16,18H,6-10H2,1-5H3,(H,19,21). The highest BCUT2D eigenvalue weighted by molar-refractivity contribution is 5.82. The molecule has 128 valence electrons. The fourth-order valence-electron chi connectivity index (χ4n) is 3.79. The van der Waals surface area contributed by atoms with Gasteiger partial charge in [0.05, 0.1) is 18.2 Å². The lowest BCUT2D eigenvalue weighted by atomic mass is 9.93. The van der Waals surface area contributed by atoms with Gasteiger partial charge in [0, 0.05) is 25.7 Å². The third-order valence-corrected chi connectivity index (χ3v) is 4.90. The highest BCUT2D eigenvalue weighted by atomic mass is 16.5. The summed E-state index contributed by atoms with van der Waals surface area (Å²) in [6, 6.07) is 0.182. The van der Waals surface area contributed by atoms with Gasteiger partial charge in [0.25, 0.3) is 0 Å². The first-order chi connectivity index (χ1) is 10.4. The maximum absolute atomic E-state index is 12.9. The van der Waals surface area contributed by atoms with E-state index in [4.69, 9.17) is 4.74 Å². The van der Waals surface area contributed by atoms with E-state index in [-0.39, 0.29) is 30.2 Å². The van der Waals surface area contributed by atoms with E-state index in [1.807, 2.05) is 0 Å². The minimum atomic E-state index is -0.0667. The largest absolute Gasteiger partial charge is 0.373 e. The molecular weight excluding hydrogens is 278 g/mol. The number of nitrogens with zero attached hydrogens (tertiary/aromatic N) is 1. The summed E-state index contributed by atoms with van der Waals surface area (Å²) in [5, 5.41) is 6.68. The van der Waals surface area contributed by atoms with Crippen molar-refractivity contribution in [2.45, 2.75) is 65.3 Å². The molecular formula is C17H33N3O2. The predicted molar refractivity (Wildman–Crippen MR) is 88.8 cm³/mol. The molecule has 2 heterocycles. The van der Waals surface area contributed by atoms with Gasteiger partial charge in [-0.25, -0.2) is 0 Å². The lowest BCUT2D eigenvalue weighted by Crippen LogP contribution is -2.60. The summed E-state index contributed by atoms with van der Waals surface area (Å²) in [4.78, 5) is 15.2. The van der Waals surface area contributed by atoms with E-state index in [0.29, 0.717) is 11.8 Å². The van der Waals surface area contributed by atoms with Gasteiger partial charge in [0.2, 0.25) is 5.91 Å². The van der Waals surface area contributed by atoms with Gasteiger partial charge < -0.3 is 15.4 Å². The number of morpholine rings is 1. The number of ether oxygens (including phenoxy) is 1. The minimum Gasteiger partial charge on any atom is -0.373 e. The fraction of sp³-hybridized carbons (Fsp3) is 0.941. The van der Waals surface area contributed by atoms with Crippen LogP contribution in [0.15, 0.2) is 0 Å². The van der Waals surface area contributed by atoms with E-state index in [2.05, 4.69) is 50.2 Å². The molecule has 2 aliphatic rings. The first-order valence-corrected chi connectivity index (χ1v) is 8.79. The van der Waals surface area contributed by atoms with Crippen molar-refractivity contribution in [3.05, 3.63) is 0 Å². The van der Waals surface area contributed by atoms with Crippen molar-refractivity contribution in [2.24, 2.45) is 11.8 Å². The summed E-state index contributed by atoms with van der Waals surface area (Å²) in [7, 11) is 0. The molecule has 22 heavy (non-hydrogen) atoms. The third-order valence-electron chi connectivity index (χ3n) is 4.90. The van der Waals surface area contributed by atoms with E-state index in [1.54, 1.807) is 0 Å². The van der Waals surface area contributed by atoms with Crippen LogP contribution < -0.4 is 10.6 Å². The Kier molecular flexibility index (Phi) is 6.24. The number of hydrogen-bond donors (Lipinski definition) is 2. The van der Waals surface area contributed by atoms with E-state index in [1.165, 1.54) is 0 Å². The van der Waals surface area contributed by atoms with E-state index in [9.17, 15) is 4.79 Å². The van der Waals surface area contributed by atoms with Crippen LogP contribution >= 0.6 is 0 Å². The molecule has 2 fully saturated rings. The Balaban J connectivity index is 2.01. The Morgan fingerprint density at radius 1 is 1.23 bits per heavy atom. The van der Waals surface area contributed by atoms with Gasteiger partial charge in [-0.15, -0.1) is 0 Å². The Labute approximate surface area is 135 Å². The highest BCUT2D eigenvalue weighted by Gasteiger charge is 2.35. The maximum Gasteiger partial charge on any atom is 0.237 e. The minimum absolute atomic E-state index is 0.0667. The molecule has 0 spiro atoms. The monoisotopic (exact) mass is 311 g/mol. The van der Waals surface area contributed by atoms with Crippen molar-refractivity contribution in [3.8, 4) is 0 Å².